The molecule has 0 unspecified atom stereocenters. The van der Waals surface area contributed by atoms with Crippen molar-refractivity contribution < 1.29 is 0 Å². The van der Waals surface area contributed by atoms with E-state index in [0.29, 0.717) is 6.04 Å². The van der Waals surface area contributed by atoms with Gasteiger partial charge in [-0.2, -0.15) is 0 Å². The molecule has 0 radical (unpaired) electrons. The van der Waals surface area contributed by atoms with Crippen LogP contribution in [0.15, 0.2) is 23.0 Å². The summed E-state index contributed by atoms with van der Waals surface area (Å²) in [5.74, 6) is 0. The Morgan fingerprint density at radius 1 is 0.920 bits per heavy atom. The fourth-order valence-corrected chi connectivity index (χ4v) is 4.81. The third kappa shape index (κ3) is 3.83. The standard InChI is InChI=1S/C20H32N4O/c1-21-18(8-5-9-20(21)25)14-22-15-19(16-22)24-12-10-23(11-13-24)17-6-3-2-4-7-17/h5,8-9,17,19H,2-4,6-7,10-16H2,1H3. The molecule has 1 aliphatic carbocycles. The molecule has 2 aliphatic heterocycles. The number of pyridine rings is 1. The van der Waals surface area contributed by atoms with Gasteiger partial charge >= 0.3 is 0 Å². The van der Waals surface area contributed by atoms with Gasteiger partial charge in [-0.25, -0.2) is 0 Å². The van der Waals surface area contributed by atoms with E-state index in [1.165, 1.54) is 58.3 Å². The second-order valence-corrected chi connectivity index (χ2v) is 8.13. The summed E-state index contributed by atoms with van der Waals surface area (Å²) >= 11 is 0. The fraction of sp³-hybridized carbons (Fsp3) is 0.750. The first-order chi connectivity index (χ1) is 12.2. The normalized spacial score (nSPS) is 25.2. The Balaban J connectivity index is 1.22. The minimum Gasteiger partial charge on any atom is -0.314 e. The molecule has 0 bridgehead atoms. The highest BCUT2D eigenvalue weighted by Crippen LogP contribution is 2.25. The molecule has 0 atom stereocenters. The minimum absolute atomic E-state index is 0.0911. The monoisotopic (exact) mass is 344 g/mol. The van der Waals surface area contributed by atoms with Gasteiger partial charge in [-0.15, -0.1) is 0 Å². The summed E-state index contributed by atoms with van der Waals surface area (Å²) < 4.78 is 1.77. The van der Waals surface area contributed by atoms with E-state index < -0.39 is 0 Å². The van der Waals surface area contributed by atoms with Crippen LogP contribution in [0.3, 0.4) is 0 Å². The molecule has 5 nitrogen and oxygen atoms in total. The van der Waals surface area contributed by atoms with Gasteiger partial charge in [0.05, 0.1) is 0 Å². The second-order valence-electron chi connectivity index (χ2n) is 8.13. The highest BCUT2D eigenvalue weighted by Gasteiger charge is 2.34. The van der Waals surface area contributed by atoms with Crippen LogP contribution in [-0.2, 0) is 13.6 Å². The molecule has 2 saturated heterocycles. The van der Waals surface area contributed by atoms with Crippen LogP contribution in [-0.4, -0.2) is 70.6 Å². The van der Waals surface area contributed by atoms with Gasteiger partial charge < -0.3 is 4.57 Å². The molecule has 138 valence electrons. The van der Waals surface area contributed by atoms with Crippen LogP contribution < -0.4 is 5.56 Å². The highest BCUT2D eigenvalue weighted by atomic mass is 16.1. The van der Waals surface area contributed by atoms with Crippen LogP contribution in [0.25, 0.3) is 0 Å². The maximum Gasteiger partial charge on any atom is 0.250 e. The summed E-state index contributed by atoms with van der Waals surface area (Å²) in [4.78, 5) is 19.6. The molecular weight excluding hydrogens is 312 g/mol. The Morgan fingerprint density at radius 2 is 1.56 bits per heavy atom. The lowest BCUT2D eigenvalue weighted by Gasteiger charge is -2.49. The largest absolute Gasteiger partial charge is 0.314 e. The first-order valence-electron chi connectivity index (χ1n) is 10.1. The van der Waals surface area contributed by atoms with Gasteiger partial charge in [0.1, 0.15) is 0 Å². The third-order valence-electron chi connectivity index (χ3n) is 6.57. The molecule has 0 spiro atoms. The zero-order valence-electron chi connectivity index (χ0n) is 15.6. The van der Waals surface area contributed by atoms with E-state index in [1.54, 1.807) is 10.6 Å². The Morgan fingerprint density at radius 3 is 2.24 bits per heavy atom. The molecule has 0 amide bonds. The number of hydrogen-bond acceptors (Lipinski definition) is 4. The molecule has 1 aromatic rings. The zero-order valence-corrected chi connectivity index (χ0v) is 15.6. The van der Waals surface area contributed by atoms with Gasteiger partial charge in [-0.1, -0.05) is 25.3 Å². The van der Waals surface area contributed by atoms with Crippen molar-refractivity contribution in [1.82, 2.24) is 19.3 Å². The van der Waals surface area contributed by atoms with Crippen LogP contribution in [0.5, 0.6) is 0 Å². The van der Waals surface area contributed by atoms with Crippen LogP contribution in [0.2, 0.25) is 0 Å². The Bertz CT molecular complexity index is 623. The summed E-state index contributed by atoms with van der Waals surface area (Å²) in [7, 11) is 1.87. The van der Waals surface area contributed by atoms with E-state index in [9.17, 15) is 4.79 Å². The minimum atomic E-state index is 0.0911. The molecule has 5 heteroatoms. The van der Waals surface area contributed by atoms with Gasteiger partial charge in [0.2, 0.25) is 5.56 Å². The van der Waals surface area contributed by atoms with Crippen molar-refractivity contribution in [3.8, 4) is 0 Å². The summed E-state index contributed by atoms with van der Waals surface area (Å²) in [6.45, 7) is 8.17. The molecule has 3 heterocycles. The predicted octanol–water partition coefficient (Wildman–Crippen LogP) is 1.52. The van der Waals surface area contributed by atoms with E-state index in [2.05, 4.69) is 20.8 Å². The second kappa shape index (κ2) is 7.60. The van der Waals surface area contributed by atoms with Crippen LogP contribution in [0.4, 0.5) is 0 Å². The quantitative estimate of drug-likeness (QED) is 0.829. The molecule has 3 aliphatic rings. The average Bonchev–Trinajstić information content (AvgIpc) is 2.62. The molecule has 1 aromatic heterocycles. The van der Waals surface area contributed by atoms with E-state index >= 15 is 0 Å². The summed E-state index contributed by atoms with van der Waals surface area (Å²) in [5, 5.41) is 0. The Kier molecular flexibility index (Phi) is 5.25. The van der Waals surface area contributed by atoms with E-state index in [-0.39, 0.29) is 5.56 Å². The van der Waals surface area contributed by atoms with Gasteiger partial charge in [0.25, 0.3) is 0 Å². The number of aromatic nitrogens is 1. The number of rotatable bonds is 4. The van der Waals surface area contributed by atoms with Crippen molar-refractivity contribution in [2.45, 2.75) is 50.7 Å². The van der Waals surface area contributed by atoms with Crippen molar-refractivity contribution in [2.75, 3.05) is 39.3 Å². The molecule has 3 fully saturated rings. The summed E-state index contributed by atoms with van der Waals surface area (Å²) in [5.41, 5.74) is 1.21. The highest BCUT2D eigenvalue weighted by molar-refractivity contribution is 5.07. The van der Waals surface area contributed by atoms with Gasteiger partial charge in [-0.3, -0.25) is 19.5 Å². The predicted molar refractivity (Wildman–Crippen MR) is 101 cm³/mol. The van der Waals surface area contributed by atoms with Crippen molar-refractivity contribution in [3.05, 3.63) is 34.2 Å². The maximum atomic E-state index is 11.7. The van der Waals surface area contributed by atoms with Crippen molar-refractivity contribution in [1.29, 1.82) is 0 Å². The topological polar surface area (TPSA) is 31.7 Å². The molecule has 25 heavy (non-hydrogen) atoms. The SMILES string of the molecule is Cn1c(CN2CC(N3CCN(C4CCCCC4)CC3)C2)cccc1=O. The van der Waals surface area contributed by atoms with Crippen molar-refractivity contribution >= 4 is 0 Å². The Labute approximate surface area is 151 Å². The molecule has 0 N–H and O–H groups in total. The summed E-state index contributed by atoms with van der Waals surface area (Å²) in [6.07, 6.45) is 7.16. The molecular formula is C20H32N4O. The van der Waals surface area contributed by atoms with E-state index in [0.717, 1.165) is 31.4 Å². The van der Waals surface area contributed by atoms with Crippen molar-refractivity contribution in [3.63, 3.8) is 0 Å². The smallest absolute Gasteiger partial charge is 0.250 e. The van der Waals surface area contributed by atoms with E-state index in [4.69, 9.17) is 0 Å². The lowest BCUT2D eigenvalue weighted by molar-refractivity contribution is -0.0112. The lowest BCUT2D eigenvalue weighted by Crippen LogP contribution is -2.63. The average molecular weight is 345 g/mol. The Hall–Kier alpha value is -1.17. The molecule has 1 saturated carbocycles. The number of hydrogen-bond donors (Lipinski definition) is 0. The molecule has 0 aromatic carbocycles. The van der Waals surface area contributed by atoms with Gasteiger partial charge in [0, 0.05) is 76.7 Å². The number of likely N-dealkylation sites (tertiary alicyclic amines) is 1. The summed E-state index contributed by atoms with van der Waals surface area (Å²) in [6, 6.07) is 7.16. The first-order valence-corrected chi connectivity index (χ1v) is 10.1. The van der Waals surface area contributed by atoms with Crippen LogP contribution in [0.1, 0.15) is 37.8 Å². The number of piperazine rings is 1. The first kappa shape index (κ1) is 17.3. The zero-order chi connectivity index (χ0) is 17.2. The fourth-order valence-electron chi connectivity index (χ4n) is 4.81. The number of nitrogens with zero attached hydrogens (tertiary/aromatic N) is 4. The lowest BCUT2D eigenvalue weighted by atomic mass is 9.93. The molecule has 4 rings (SSSR count). The van der Waals surface area contributed by atoms with Gasteiger partial charge in [-0.05, 0) is 18.9 Å². The van der Waals surface area contributed by atoms with Crippen LogP contribution in [0, 0.1) is 0 Å². The van der Waals surface area contributed by atoms with Crippen molar-refractivity contribution in [2.24, 2.45) is 7.05 Å². The van der Waals surface area contributed by atoms with E-state index in [1.807, 2.05) is 13.1 Å². The van der Waals surface area contributed by atoms with Gasteiger partial charge in [0.15, 0.2) is 0 Å². The maximum absolute atomic E-state index is 11.7. The third-order valence-corrected chi connectivity index (χ3v) is 6.57. The van der Waals surface area contributed by atoms with Crippen LogP contribution >= 0.6 is 0 Å².